The van der Waals surface area contributed by atoms with Crippen LogP contribution in [0.1, 0.15) is 23.7 Å². The van der Waals surface area contributed by atoms with Crippen LogP contribution in [-0.4, -0.2) is 52.0 Å². The number of rotatable bonds is 9. The Kier molecular flexibility index (Phi) is 8.28. The summed E-state index contributed by atoms with van der Waals surface area (Å²) in [5.41, 5.74) is 3.20. The molecule has 0 aromatic heterocycles. The number of methoxy groups -OCH3 is 3. The zero-order valence-corrected chi connectivity index (χ0v) is 14.3. The first kappa shape index (κ1) is 19.4. The molecule has 0 atom stereocenters. The third-order valence-corrected chi connectivity index (χ3v) is 3.05. The molecule has 1 rings (SSSR count). The van der Waals surface area contributed by atoms with E-state index in [-0.39, 0.29) is 12.3 Å². The first-order chi connectivity index (χ1) is 11.5. The van der Waals surface area contributed by atoms with E-state index in [4.69, 9.17) is 14.2 Å². The lowest BCUT2D eigenvalue weighted by Crippen LogP contribution is -2.29. The molecule has 1 aromatic carbocycles. The molecule has 132 valence electrons. The Hall–Kier alpha value is -2.61. The molecule has 24 heavy (non-hydrogen) atoms. The second-order valence-corrected chi connectivity index (χ2v) is 4.87. The molecule has 8 nitrogen and oxygen atoms in total. The topological polar surface area (TPSA) is 98.2 Å². The molecule has 0 spiro atoms. The molecule has 2 N–H and O–H groups in total. The molecule has 0 aliphatic rings. The van der Waals surface area contributed by atoms with Crippen molar-refractivity contribution >= 4 is 17.5 Å². The molecule has 1 aromatic rings. The van der Waals surface area contributed by atoms with Crippen LogP contribution in [0.25, 0.3) is 0 Å². The molecule has 0 saturated heterocycles. The van der Waals surface area contributed by atoms with Gasteiger partial charge in [-0.05, 0) is 19.1 Å². The van der Waals surface area contributed by atoms with E-state index >= 15 is 0 Å². The third-order valence-electron chi connectivity index (χ3n) is 3.05. The Balaban J connectivity index is 2.62. The van der Waals surface area contributed by atoms with Gasteiger partial charge in [-0.15, -0.1) is 0 Å². The van der Waals surface area contributed by atoms with Crippen molar-refractivity contribution in [3.63, 3.8) is 0 Å². The third kappa shape index (κ3) is 6.25. The molecule has 8 heteroatoms. The first-order valence-corrected chi connectivity index (χ1v) is 7.33. The fourth-order valence-electron chi connectivity index (χ4n) is 1.82. The summed E-state index contributed by atoms with van der Waals surface area (Å²) in [6, 6.07) is 4.83. The first-order valence-electron chi connectivity index (χ1n) is 7.33. The molecule has 0 heterocycles. The highest BCUT2D eigenvalue weighted by Crippen LogP contribution is 2.24. The summed E-state index contributed by atoms with van der Waals surface area (Å²) in [5, 5.41) is 6.60. The van der Waals surface area contributed by atoms with Gasteiger partial charge in [0.2, 0.25) is 5.91 Å². The van der Waals surface area contributed by atoms with Crippen LogP contribution < -0.4 is 20.2 Å². The van der Waals surface area contributed by atoms with Gasteiger partial charge >= 0.3 is 0 Å². The lowest BCUT2D eigenvalue weighted by Gasteiger charge is -2.09. The Morgan fingerprint density at radius 3 is 2.54 bits per heavy atom. The zero-order chi connectivity index (χ0) is 17.9. The van der Waals surface area contributed by atoms with Gasteiger partial charge < -0.3 is 19.5 Å². The second kappa shape index (κ2) is 10.2. The summed E-state index contributed by atoms with van der Waals surface area (Å²) < 4.78 is 15.1. The normalized spacial score (nSPS) is 10.9. The van der Waals surface area contributed by atoms with Gasteiger partial charge in [0, 0.05) is 25.4 Å². The fraction of sp³-hybridized carbons (Fsp3) is 0.438. The number of hydrogen-bond acceptors (Lipinski definition) is 6. The summed E-state index contributed by atoms with van der Waals surface area (Å²) in [4.78, 5) is 23.8. The van der Waals surface area contributed by atoms with Crippen LogP contribution >= 0.6 is 0 Å². The molecular weight excluding hydrogens is 314 g/mol. The van der Waals surface area contributed by atoms with E-state index in [1.807, 2.05) is 0 Å². The Labute approximate surface area is 141 Å². The summed E-state index contributed by atoms with van der Waals surface area (Å²) in [6.07, 6.45) is 0.0870. The van der Waals surface area contributed by atoms with E-state index in [9.17, 15) is 9.59 Å². The maximum atomic E-state index is 12.2. The number of hydrogen-bond donors (Lipinski definition) is 2. The highest BCUT2D eigenvalue weighted by atomic mass is 16.5. The largest absolute Gasteiger partial charge is 0.497 e. The van der Waals surface area contributed by atoms with Crippen LogP contribution in [0, 0.1) is 0 Å². The van der Waals surface area contributed by atoms with Crippen molar-refractivity contribution in [2.24, 2.45) is 5.10 Å². The van der Waals surface area contributed by atoms with Crippen molar-refractivity contribution in [3.05, 3.63) is 23.8 Å². The Morgan fingerprint density at radius 1 is 1.17 bits per heavy atom. The van der Waals surface area contributed by atoms with Gasteiger partial charge in [-0.25, -0.2) is 5.43 Å². The minimum atomic E-state index is -0.436. The molecule has 0 fully saturated rings. The quantitative estimate of drug-likeness (QED) is 0.397. The van der Waals surface area contributed by atoms with Gasteiger partial charge in [0.05, 0.1) is 32.8 Å². The van der Waals surface area contributed by atoms with Crippen molar-refractivity contribution in [2.45, 2.75) is 13.3 Å². The zero-order valence-electron chi connectivity index (χ0n) is 14.3. The van der Waals surface area contributed by atoms with Crippen molar-refractivity contribution < 1.29 is 23.8 Å². The molecule has 0 unspecified atom stereocenters. The Bertz CT molecular complexity index is 601. The van der Waals surface area contributed by atoms with E-state index in [0.717, 1.165) is 0 Å². The summed E-state index contributed by atoms with van der Waals surface area (Å²) >= 11 is 0. The lowest BCUT2D eigenvalue weighted by molar-refractivity contribution is -0.120. The molecular formula is C16H23N3O5. The predicted molar refractivity (Wildman–Crippen MR) is 89.6 cm³/mol. The predicted octanol–water partition coefficient (Wildman–Crippen LogP) is 0.962. The van der Waals surface area contributed by atoms with Crippen LogP contribution in [0.4, 0.5) is 0 Å². The van der Waals surface area contributed by atoms with Gasteiger partial charge in [-0.3, -0.25) is 9.59 Å². The molecule has 0 radical (unpaired) electrons. The van der Waals surface area contributed by atoms with Crippen molar-refractivity contribution in [1.82, 2.24) is 10.7 Å². The number of carbonyl (C=O) groups excluding carboxylic acids is 2. The SMILES string of the molecule is COCCNC(=O)C/C(C)=N/NC(=O)c1ccc(OC)cc1OC. The van der Waals surface area contributed by atoms with Gasteiger partial charge in [0.1, 0.15) is 11.5 Å². The van der Waals surface area contributed by atoms with E-state index in [2.05, 4.69) is 15.8 Å². The van der Waals surface area contributed by atoms with E-state index in [1.54, 1.807) is 32.2 Å². The minimum Gasteiger partial charge on any atom is -0.497 e. The van der Waals surface area contributed by atoms with Gasteiger partial charge in [-0.1, -0.05) is 0 Å². The standard InChI is InChI=1S/C16H23N3O5/c1-11(9-15(20)17-7-8-22-2)18-19-16(21)13-6-5-12(23-3)10-14(13)24-4/h5-6,10H,7-9H2,1-4H3,(H,17,20)(H,19,21)/b18-11+. The average molecular weight is 337 g/mol. The van der Waals surface area contributed by atoms with Crippen LogP contribution in [0.15, 0.2) is 23.3 Å². The number of benzene rings is 1. The van der Waals surface area contributed by atoms with Crippen LogP contribution in [0.2, 0.25) is 0 Å². The molecule has 0 aliphatic heterocycles. The number of nitrogens with one attached hydrogen (secondary N) is 2. The van der Waals surface area contributed by atoms with Crippen LogP contribution in [0.3, 0.4) is 0 Å². The fourth-order valence-corrected chi connectivity index (χ4v) is 1.82. The molecule has 0 saturated carbocycles. The van der Waals surface area contributed by atoms with Crippen LogP contribution in [0.5, 0.6) is 11.5 Å². The number of nitrogens with zero attached hydrogens (tertiary/aromatic N) is 1. The monoisotopic (exact) mass is 337 g/mol. The van der Waals surface area contributed by atoms with E-state index < -0.39 is 5.91 Å². The number of carbonyl (C=O) groups is 2. The van der Waals surface area contributed by atoms with Crippen molar-refractivity contribution in [2.75, 3.05) is 34.5 Å². The van der Waals surface area contributed by atoms with E-state index in [1.165, 1.54) is 14.2 Å². The summed E-state index contributed by atoms with van der Waals surface area (Å²) in [7, 11) is 4.55. The highest BCUT2D eigenvalue weighted by Gasteiger charge is 2.13. The minimum absolute atomic E-state index is 0.0870. The van der Waals surface area contributed by atoms with Gasteiger partial charge in [0.15, 0.2) is 0 Å². The molecule has 0 bridgehead atoms. The maximum Gasteiger partial charge on any atom is 0.275 e. The number of amides is 2. The number of ether oxygens (including phenoxy) is 3. The smallest absolute Gasteiger partial charge is 0.275 e. The van der Waals surface area contributed by atoms with Crippen molar-refractivity contribution in [3.8, 4) is 11.5 Å². The average Bonchev–Trinajstić information content (AvgIpc) is 2.59. The number of hydrazone groups is 1. The van der Waals surface area contributed by atoms with Gasteiger partial charge in [0.25, 0.3) is 5.91 Å². The lowest BCUT2D eigenvalue weighted by atomic mass is 10.2. The second-order valence-electron chi connectivity index (χ2n) is 4.87. The molecule has 0 aliphatic carbocycles. The van der Waals surface area contributed by atoms with Crippen molar-refractivity contribution in [1.29, 1.82) is 0 Å². The maximum absolute atomic E-state index is 12.2. The highest BCUT2D eigenvalue weighted by molar-refractivity contribution is 6.01. The van der Waals surface area contributed by atoms with E-state index in [0.29, 0.717) is 35.9 Å². The summed E-state index contributed by atoms with van der Waals surface area (Å²) in [5.74, 6) is 0.325. The van der Waals surface area contributed by atoms with Gasteiger partial charge in [-0.2, -0.15) is 5.10 Å². The van der Waals surface area contributed by atoms with Crippen LogP contribution in [-0.2, 0) is 9.53 Å². The summed E-state index contributed by atoms with van der Waals surface area (Å²) in [6.45, 7) is 2.52. The Morgan fingerprint density at radius 2 is 1.92 bits per heavy atom. The molecule has 2 amide bonds.